The molecule has 0 saturated carbocycles. The normalized spacial score (nSPS) is 11.0. The zero-order chi connectivity index (χ0) is 19.9. The standard InChI is InChI=1S/C21H28N4O2/c1-21(2,19(26)24-13-11-15-3-7-17(22)8-4-15)20(27)25-14-12-16-5-9-18(23)10-6-16/h3-10H,11-14,22-23H2,1-2H3,(H,24,26)(H,25,27). The highest BCUT2D eigenvalue weighted by atomic mass is 16.2. The molecule has 0 heterocycles. The minimum absolute atomic E-state index is 0.289. The van der Waals surface area contributed by atoms with E-state index < -0.39 is 5.41 Å². The predicted molar refractivity (Wildman–Crippen MR) is 109 cm³/mol. The molecule has 0 radical (unpaired) electrons. The van der Waals surface area contributed by atoms with Gasteiger partial charge in [0.1, 0.15) is 5.41 Å². The van der Waals surface area contributed by atoms with Gasteiger partial charge in [-0.2, -0.15) is 0 Å². The SMILES string of the molecule is CC(C)(C(=O)NCCc1ccc(N)cc1)C(=O)NCCc1ccc(N)cc1. The highest BCUT2D eigenvalue weighted by Gasteiger charge is 2.35. The molecule has 144 valence electrons. The molecule has 27 heavy (non-hydrogen) atoms. The van der Waals surface area contributed by atoms with Gasteiger partial charge < -0.3 is 22.1 Å². The molecule has 6 nitrogen and oxygen atoms in total. The van der Waals surface area contributed by atoms with Gasteiger partial charge in [0.2, 0.25) is 11.8 Å². The number of carbonyl (C=O) groups excluding carboxylic acids is 2. The average molecular weight is 368 g/mol. The van der Waals surface area contributed by atoms with Gasteiger partial charge in [-0.25, -0.2) is 0 Å². The number of benzene rings is 2. The molecular formula is C21H28N4O2. The number of rotatable bonds is 8. The Hall–Kier alpha value is -3.02. The summed E-state index contributed by atoms with van der Waals surface area (Å²) in [6.45, 7) is 4.18. The Morgan fingerprint density at radius 3 is 1.41 bits per heavy atom. The molecule has 0 bridgehead atoms. The Balaban J connectivity index is 1.76. The Kier molecular flexibility index (Phi) is 6.82. The van der Waals surface area contributed by atoms with E-state index in [2.05, 4.69) is 10.6 Å². The number of carbonyl (C=O) groups is 2. The Bertz CT molecular complexity index is 702. The smallest absolute Gasteiger partial charge is 0.235 e. The molecule has 0 aliphatic carbocycles. The maximum Gasteiger partial charge on any atom is 0.235 e. The summed E-state index contributed by atoms with van der Waals surface area (Å²) in [7, 11) is 0. The number of anilines is 2. The molecule has 0 aliphatic heterocycles. The quantitative estimate of drug-likeness (QED) is 0.421. The molecule has 2 aromatic carbocycles. The first-order chi connectivity index (χ1) is 12.8. The molecule has 2 aromatic rings. The highest BCUT2D eigenvalue weighted by Crippen LogP contribution is 2.16. The van der Waals surface area contributed by atoms with Gasteiger partial charge in [0.05, 0.1) is 0 Å². The number of amides is 2. The first kappa shape index (κ1) is 20.3. The van der Waals surface area contributed by atoms with Crippen LogP contribution in [0, 0.1) is 5.41 Å². The van der Waals surface area contributed by atoms with E-state index >= 15 is 0 Å². The largest absolute Gasteiger partial charge is 0.399 e. The van der Waals surface area contributed by atoms with Crippen LogP contribution in [-0.2, 0) is 22.4 Å². The van der Waals surface area contributed by atoms with E-state index in [-0.39, 0.29) is 11.8 Å². The van der Waals surface area contributed by atoms with E-state index in [0.717, 1.165) is 11.1 Å². The molecule has 0 aromatic heterocycles. The van der Waals surface area contributed by atoms with Gasteiger partial charge in [-0.15, -0.1) is 0 Å². The van der Waals surface area contributed by atoms with Crippen molar-refractivity contribution in [2.75, 3.05) is 24.6 Å². The Morgan fingerprint density at radius 2 is 1.07 bits per heavy atom. The van der Waals surface area contributed by atoms with Gasteiger partial charge in [0.15, 0.2) is 0 Å². The zero-order valence-corrected chi connectivity index (χ0v) is 15.9. The van der Waals surface area contributed by atoms with Crippen molar-refractivity contribution in [3.63, 3.8) is 0 Å². The fourth-order valence-corrected chi connectivity index (χ4v) is 2.55. The van der Waals surface area contributed by atoms with Crippen LogP contribution in [-0.4, -0.2) is 24.9 Å². The summed E-state index contributed by atoms with van der Waals surface area (Å²) < 4.78 is 0. The summed E-state index contributed by atoms with van der Waals surface area (Å²) in [5.41, 5.74) is 13.8. The topological polar surface area (TPSA) is 110 Å². The third-order valence-corrected chi connectivity index (χ3v) is 4.49. The van der Waals surface area contributed by atoms with Crippen LogP contribution in [0.15, 0.2) is 48.5 Å². The maximum atomic E-state index is 12.4. The minimum atomic E-state index is -1.14. The van der Waals surface area contributed by atoms with Crippen molar-refractivity contribution in [3.8, 4) is 0 Å². The van der Waals surface area contributed by atoms with Crippen LogP contribution in [0.5, 0.6) is 0 Å². The molecular weight excluding hydrogens is 340 g/mol. The van der Waals surface area contributed by atoms with Gasteiger partial charge >= 0.3 is 0 Å². The van der Waals surface area contributed by atoms with E-state index in [9.17, 15) is 9.59 Å². The van der Waals surface area contributed by atoms with E-state index in [0.29, 0.717) is 37.3 Å². The molecule has 0 aliphatic rings. The molecule has 0 spiro atoms. The van der Waals surface area contributed by atoms with Gasteiger partial charge in [-0.3, -0.25) is 9.59 Å². The molecule has 2 rings (SSSR count). The van der Waals surface area contributed by atoms with Crippen molar-refractivity contribution < 1.29 is 9.59 Å². The van der Waals surface area contributed by atoms with Crippen LogP contribution in [0.4, 0.5) is 11.4 Å². The Labute approximate surface area is 160 Å². The van der Waals surface area contributed by atoms with Crippen LogP contribution in [0.1, 0.15) is 25.0 Å². The molecule has 0 fully saturated rings. The molecule has 2 amide bonds. The van der Waals surface area contributed by atoms with Crippen molar-refractivity contribution >= 4 is 23.2 Å². The second-order valence-electron chi connectivity index (χ2n) is 7.12. The van der Waals surface area contributed by atoms with Crippen molar-refractivity contribution in [2.24, 2.45) is 5.41 Å². The third-order valence-electron chi connectivity index (χ3n) is 4.49. The van der Waals surface area contributed by atoms with Crippen LogP contribution in [0.25, 0.3) is 0 Å². The zero-order valence-electron chi connectivity index (χ0n) is 15.9. The van der Waals surface area contributed by atoms with Crippen molar-refractivity contribution in [2.45, 2.75) is 26.7 Å². The Morgan fingerprint density at radius 1 is 0.741 bits per heavy atom. The number of nitrogen functional groups attached to an aromatic ring is 2. The monoisotopic (exact) mass is 368 g/mol. The summed E-state index contributed by atoms with van der Waals surface area (Å²) >= 11 is 0. The molecule has 6 N–H and O–H groups in total. The molecule has 0 atom stereocenters. The van der Waals surface area contributed by atoms with Gasteiger partial charge in [0, 0.05) is 24.5 Å². The second kappa shape index (κ2) is 9.07. The number of hydrogen-bond donors (Lipinski definition) is 4. The summed E-state index contributed by atoms with van der Waals surface area (Å²) in [4.78, 5) is 24.8. The summed E-state index contributed by atoms with van der Waals surface area (Å²) in [5, 5.41) is 5.67. The molecule has 0 saturated heterocycles. The maximum absolute atomic E-state index is 12.4. The van der Waals surface area contributed by atoms with Gasteiger partial charge in [-0.05, 0) is 62.1 Å². The van der Waals surface area contributed by atoms with Crippen LogP contribution in [0.3, 0.4) is 0 Å². The lowest BCUT2D eigenvalue weighted by Crippen LogP contribution is -2.48. The van der Waals surface area contributed by atoms with Gasteiger partial charge in [0.25, 0.3) is 0 Å². The lowest BCUT2D eigenvalue weighted by Gasteiger charge is -2.22. The molecule has 6 heteroatoms. The van der Waals surface area contributed by atoms with E-state index in [1.54, 1.807) is 13.8 Å². The third kappa shape index (κ3) is 6.02. The lowest BCUT2D eigenvalue weighted by molar-refractivity contribution is -0.141. The minimum Gasteiger partial charge on any atom is -0.399 e. The number of hydrogen-bond acceptors (Lipinski definition) is 4. The number of nitrogens with two attached hydrogens (primary N) is 2. The van der Waals surface area contributed by atoms with Gasteiger partial charge in [-0.1, -0.05) is 24.3 Å². The highest BCUT2D eigenvalue weighted by molar-refractivity contribution is 6.04. The predicted octanol–water partition coefficient (Wildman–Crippen LogP) is 1.89. The summed E-state index contributed by atoms with van der Waals surface area (Å²) in [6, 6.07) is 15.0. The summed E-state index contributed by atoms with van der Waals surface area (Å²) in [6.07, 6.45) is 1.36. The van der Waals surface area contributed by atoms with Crippen LogP contribution >= 0.6 is 0 Å². The fraction of sp³-hybridized carbons (Fsp3) is 0.333. The average Bonchev–Trinajstić information content (AvgIpc) is 2.64. The van der Waals surface area contributed by atoms with Crippen LogP contribution < -0.4 is 22.1 Å². The van der Waals surface area contributed by atoms with Crippen molar-refractivity contribution in [1.29, 1.82) is 0 Å². The van der Waals surface area contributed by atoms with Crippen LogP contribution in [0.2, 0.25) is 0 Å². The lowest BCUT2D eigenvalue weighted by atomic mass is 9.91. The first-order valence-corrected chi connectivity index (χ1v) is 9.04. The van der Waals surface area contributed by atoms with E-state index in [4.69, 9.17) is 11.5 Å². The number of nitrogens with one attached hydrogen (secondary N) is 2. The fourth-order valence-electron chi connectivity index (χ4n) is 2.55. The summed E-state index contributed by atoms with van der Waals surface area (Å²) in [5.74, 6) is -0.578. The van der Waals surface area contributed by atoms with E-state index in [1.165, 1.54) is 0 Å². The van der Waals surface area contributed by atoms with E-state index in [1.807, 2.05) is 48.5 Å². The second-order valence-corrected chi connectivity index (χ2v) is 7.12. The van der Waals surface area contributed by atoms with Crippen molar-refractivity contribution in [1.82, 2.24) is 10.6 Å². The molecule has 0 unspecified atom stereocenters. The first-order valence-electron chi connectivity index (χ1n) is 9.04. The van der Waals surface area contributed by atoms with Crippen molar-refractivity contribution in [3.05, 3.63) is 59.7 Å².